The topological polar surface area (TPSA) is 24.1 Å². The van der Waals surface area contributed by atoms with E-state index >= 15 is 0 Å². The van der Waals surface area contributed by atoms with Crippen molar-refractivity contribution >= 4 is 18.1 Å². The van der Waals surface area contributed by atoms with Crippen LogP contribution in [0.5, 0.6) is 0 Å². The number of halogens is 3. The van der Waals surface area contributed by atoms with Gasteiger partial charge in [-0.05, 0) is 60.8 Å². The van der Waals surface area contributed by atoms with Gasteiger partial charge in [0.15, 0.2) is 0 Å². The van der Waals surface area contributed by atoms with E-state index in [0.717, 1.165) is 30.8 Å². The number of nitrogens with one attached hydrogen (secondary N) is 2. The highest BCUT2D eigenvalue weighted by Gasteiger charge is 2.26. The summed E-state index contributed by atoms with van der Waals surface area (Å²) in [5, 5.41) is 6.81. The van der Waals surface area contributed by atoms with Crippen LogP contribution in [0.3, 0.4) is 0 Å². The summed E-state index contributed by atoms with van der Waals surface area (Å²) in [6, 6.07) is 13.0. The van der Waals surface area contributed by atoms with Crippen LogP contribution in [0.2, 0.25) is 0 Å². The van der Waals surface area contributed by atoms with Crippen LogP contribution >= 0.6 is 12.4 Å². The summed E-state index contributed by atoms with van der Waals surface area (Å²) in [5.41, 5.74) is 1.92. The van der Waals surface area contributed by atoms with Crippen LogP contribution in [-0.2, 0) is 0 Å². The molecule has 0 spiro atoms. The van der Waals surface area contributed by atoms with E-state index in [1.807, 2.05) is 12.1 Å². The summed E-state index contributed by atoms with van der Waals surface area (Å²) in [5.74, 6) is -0.0502. The Balaban J connectivity index is 0.00000176. The molecule has 0 aromatic heterocycles. The molecule has 1 fully saturated rings. The first-order valence-electron chi connectivity index (χ1n) is 7.20. The molecule has 1 saturated heterocycles. The van der Waals surface area contributed by atoms with Gasteiger partial charge in [0.05, 0.1) is 6.04 Å². The lowest BCUT2D eigenvalue weighted by Crippen LogP contribution is -2.23. The Labute approximate surface area is 135 Å². The maximum atomic E-state index is 13.1. The predicted octanol–water partition coefficient (Wildman–Crippen LogP) is 4.15. The zero-order valence-corrected chi connectivity index (χ0v) is 12.9. The van der Waals surface area contributed by atoms with Gasteiger partial charge in [0, 0.05) is 12.2 Å². The largest absolute Gasteiger partial charge is 0.378 e. The second-order valence-corrected chi connectivity index (χ2v) is 5.43. The standard InChI is InChI=1S/C17H18F2N2.ClH/c18-14-3-1-12(2-4-14)17(13-9-10-20-11-13)21-16-7-5-15(19)6-8-16;/h1-8,13,17,20-21H,9-11H2;1H. The minimum absolute atomic E-state index is 0. The number of hydrogen-bond donors (Lipinski definition) is 2. The smallest absolute Gasteiger partial charge is 0.123 e. The van der Waals surface area contributed by atoms with E-state index in [0.29, 0.717) is 5.92 Å². The third-order valence-electron chi connectivity index (χ3n) is 3.97. The molecule has 1 heterocycles. The quantitative estimate of drug-likeness (QED) is 0.883. The third kappa shape index (κ3) is 3.96. The van der Waals surface area contributed by atoms with E-state index in [-0.39, 0.29) is 30.1 Å². The Morgan fingerprint density at radius 1 is 0.955 bits per heavy atom. The maximum Gasteiger partial charge on any atom is 0.123 e. The summed E-state index contributed by atoms with van der Waals surface area (Å²) in [6.45, 7) is 1.92. The van der Waals surface area contributed by atoms with Crippen molar-refractivity contribution in [2.24, 2.45) is 5.92 Å². The lowest BCUT2D eigenvalue weighted by atomic mass is 9.92. The van der Waals surface area contributed by atoms with Crippen LogP contribution in [0.25, 0.3) is 0 Å². The van der Waals surface area contributed by atoms with Crippen LogP contribution in [0, 0.1) is 17.6 Å². The molecule has 0 saturated carbocycles. The predicted molar refractivity (Wildman–Crippen MR) is 87.4 cm³/mol. The van der Waals surface area contributed by atoms with Crippen LogP contribution in [0.4, 0.5) is 14.5 Å². The lowest BCUT2D eigenvalue weighted by Gasteiger charge is -2.26. The number of hydrogen-bond acceptors (Lipinski definition) is 2. The van der Waals surface area contributed by atoms with Gasteiger partial charge in [0.25, 0.3) is 0 Å². The van der Waals surface area contributed by atoms with E-state index in [1.165, 1.54) is 24.3 Å². The van der Waals surface area contributed by atoms with Gasteiger partial charge in [-0.1, -0.05) is 12.1 Å². The minimum Gasteiger partial charge on any atom is -0.378 e. The molecule has 2 unspecified atom stereocenters. The van der Waals surface area contributed by atoms with Crippen molar-refractivity contribution in [1.29, 1.82) is 0 Å². The molecule has 0 aliphatic carbocycles. The average Bonchev–Trinajstić information content (AvgIpc) is 3.02. The normalized spacial score (nSPS) is 18.5. The summed E-state index contributed by atoms with van der Waals surface area (Å²) in [4.78, 5) is 0. The van der Waals surface area contributed by atoms with Gasteiger partial charge < -0.3 is 10.6 Å². The van der Waals surface area contributed by atoms with Crippen molar-refractivity contribution in [2.75, 3.05) is 18.4 Å². The summed E-state index contributed by atoms with van der Waals surface area (Å²) in [7, 11) is 0. The molecule has 2 nitrogen and oxygen atoms in total. The van der Waals surface area contributed by atoms with Gasteiger partial charge in [-0.25, -0.2) is 8.78 Å². The zero-order valence-electron chi connectivity index (χ0n) is 12.1. The molecule has 22 heavy (non-hydrogen) atoms. The van der Waals surface area contributed by atoms with Crippen molar-refractivity contribution in [3.05, 3.63) is 65.7 Å². The Bertz CT molecular complexity index is 581. The Morgan fingerprint density at radius 3 is 2.09 bits per heavy atom. The zero-order chi connectivity index (χ0) is 14.7. The van der Waals surface area contributed by atoms with Crippen molar-refractivity contribution in [2.45, 2.75) is 12.5 Å². The molecule has 3 rings (SSSR count). The summed E-state index contributed by atoms with van der Waals surface area (Å²) < 4.78 is 26.1. The fourth-order valence-electron chi connectivity index (χ4n) is 2.83. The van der Waals surface area contributed by atoms with Crippen LogP contribution in [0.1, 0.15) is 18.0 Å². The summed E-state index contributed by atoms with van der Waals surface area (Å²) >= 11 is 0. The monoisotopic (exact) mass is 324 g/mol. The minimum atomic E-state index is -0.249. The highest BCUT2D eigenvalue weighted by Crippen LogP contribution is 2.30. The molecule has 2 atom stereocenters. The number of anilines is 1. The van der Waals surface area contributed by atoms with E-state index < -0.39 is 0 Å². The van der Waals surface area contributed by atoms with Gasteiger partial charge in [-0.15, -0.1) is 12.4 Å². The van der Waals surface area contributed by atoms with Crippen LogP contribution in [-0.4, -0.2) is 13.1 Å². The fourth-order valence-corrected chi connectivity index (χ4v) is 2.83. The first kappa shape index (κ1) is 16.7. The van der Waals surface area contributed by atoms with Crippen molar-refractivity contribution < 1.29 is 8.78 Å². The van der Waals surface area contributed by atoms with E-state index in [2.05, 4.69) is 10.6 Å². The molecule has 118 valence electrons. The SMILES string of the molecule is Cl.Fc1ccc(NC(c2ccc(F)cc2)C2CCNC2)cc1. The molecule has 2 aromatic rings. The van der Waals surface area contributed by atoms with E-state index in [9.17, 15) is 8.78 Å². The van der Waals surface area contributed by atoms with Crippen molar-refractivity contribution in [3.63, 3.8) is 0 Å². The molecule has 5 heteroatoms. The van der Waals surface area contributed by atoms with Crippen LogP contribution < -0.4 is 10.6 Å². The molecular formula is C17H19ClF2N2. The van der Waals surface area contributed by atoms with E-state index in [1.54, 1.807) is 12.1 Å². The first-order chi connectivity index (χ1) is 10.2. The molecule has 1 aliphatic rings. The van der Waals surface area contributed by atoms with Crippen molar-refractivity contribution in [1.82, 2.24) is 5.32 Å². The van der Waals surface area contributed by atoms with Gasteiger partial charge in [-0.2, -0.15) is 0 Å². The molecule has 0 amide bonds. The fraction of sp³-hybridized carbons (Fsp3) is 0.294. The molecule has 0 bridgehead atoms. The van der Waals surface area contributed by atoms with Gasteiger partial charge in [0.2, 0.25) is 0 Å². The van der Waals surface area contributed by atoms with Gasteiger partial charge in [-0.3, -0.25) is 0 Å². The molecular weight excluding hydrogens is 306 g/mol. The molecule has 2 aromatic carbocycles. The Hall–Kier alpha value is -1.65. The molecule has 2 N–H and O–H groups in total. The van der Waals surface area contributed by atoms with Crippen molar-refractivity contribution in [3.8, 4) is 0 Å². The van der Waals surface area contributed by atoms with Gasteiger partial charge in [0.1, 0.15) is 11.6 Å². The second kappa shape index (κ2) is 7.56. The third-order valence-corrected chi connectivity index (χ3v) is 3.97. The maximum absolute atomic E-state index is 13.1. The lowest BCUT2D eigenvalue weighted by molar-refractivity contribution is 0.496. The Kier molecular flexibility index (Phi) is 5.75. The Morgan fingerprint density at radius 2 is 1.55 bits per heavy atom. The first-order valence-corrected chi connectivity index (χ1v) is 7.20. The molecule has 1 aliphatic heterocycles. The second-order valence-electron chi connectivity index (χ2n) is 5.43. The number of benzene rings is 2. The van der Waals surface area contributed by atoms with Gasteiger partial charge >= 0.3 is 0 Å². The summed E-state index contributed by atoms with van der Waals surface area (Å²) in [6.07, 6.45) is 1.07. The van der Waals surface area contributed by atoms with Crippen LogP contribution in [0.15, 0.2) is 48.5 Å². The van der Waals surface area contributed by atoms with E-state index in [4.69, 9.17) is 0 Å². The highest BCUT2D eigenvalue weighted by molar-refractivity contribution is 5.85. The molecule has 0 radical (unpaired) electrons. The number of rotatable bonds is 4. The average molecular weight is 325 g/mol. The highest BCUT2D eigenvalue weighted by atomic mass is 35.5.